The number of rotatable bonds is 7. The smallest absolute Gasteiger partial charge is 0.422 e. The average molecular weight is 414 g/mol. The van der Waals surface area contributed by atoms with Crippen molar-refractivity contribution < 1.29 is 31.5 Å². The zero-order valence-corrected chi connectivity index (χ0v) is 14.6. The molecule has 26 heavy (non-hydrogen) atoms. The highest BCUT2D eigenvalue weighted by Gasteiger charge is 2.29. The zero-order chi connectivity index (χ0) is 19.2. The number of thioether (sulfide) groups is 1. The van der Waals surface area contributed by atoms with Crippen LogP contribution >= 0.6 is 23.4 Å². The highest BCUT2D eigenvalue weighted by atomic mass is 35.5. The Morgan fingerprint density at radius 2 is 2.12 bits per heavy atom. The first kappa shape index (κ1) is 20.3. The molecule has 142 valence electrons. The van der Waals surface area contributed by atoms with Gasteiger partial charge < -0.3 is 14.5 Å². The van der Waals surface area contributed by atoms with Crippen LogP contribution in [0, 0.1) is 5.82 Å². The van der Waals surface area contributed by atoms with E-state index in [1.54, 1.807) is 0 Å². The molecule has 0 bridgehead atoms. The summed E-state index contributed by atoms with van der Waals surface area (Å²) in [4.78, 5) is 11.0. The van der Waals surface area contributed by atoms with Gasteiger partial charge in [-0.3, -0.25) is 0 Å². The summed E-state index contributed by atoms with van der Waals surface area (Å²) < 4.78 is 58.6. The molecule has 0 aliphatic rings. The van der Waals surface area contributed by atoms with Gasteiger partial charge in [0.25, 0.3) is 5.22 Å². The van der Waals surface area contributed by atoms with Gasteiger partial charge >= 0.3 is 12.3 Å². The highest BCUT2D eigenvalue weighted by Crippen LogP contribution is 2.23. The SMILES string of the molecule is O=C(NCCSc1nnc(Cc2c(F)cccc2Cl)o1)OCC(F)(F)F. The van der Waals surface area contributed by atoms with Crippen molar-refractivity contribution in [1.29, 1.82) is 0 Å². The molecule has 1 aromatic heterocycles. The molecular formula is C14H12ClF4N3O3S. The molecule has 0 aliphatic carbocycles. The molecule has 0 spiro atoms. The van der Waals surface area contributed by atoms with Crippen LogP contribution in [0.25, 0.3) is 0 Å². The monoisotopic (exact) mass is 413 g/mol. The van der Waals surface area contributed by atoms with Gasteiger partial charge in [-0.05, 0) is 12.1 Å². The van der Waals surface area contributed by atoms with Crippen molar-refractivity contribution in [2.75, 3.05) is 18.9 Å². The lowest BCUT2D eigenvalue weighted by atomic mass is 10.1. The van der Waals surface area contributed by atoms with Crippen LogP contribution in [0.1, 0.15) is 11.5 Å². The molecule has 0 radical (unpaired) electrons. The van der Waals surface area contributed by atoms with E-state index in [1.165, 1.54) is 18.2 Å². The molecule has 0 saturated carbocycles. The van der Waals surface area contributed by atoms with Gasteiger partial charge in [0.1, 0.15) is 5.82 Å². The fourth-order valence-electron chi connectivity index (χ4n) is 1.71. The van der Waals surface area contributed by atoms with E-state index in [-0.39, 0.29) is 40.4 Å². The molecule has 1 aromatic carbocycles. The highest BCUT2D eigenvalue weighted by molar-refractivity contribution is 7.99. The van der Waals surface area contributed by atoms with Crippen LogP contribution in [0.4, 0.5) is 22.4 Å². The lowest BCUT2D eigenvalue weighted by Gasteiger charge is -2.08. The minimum Gasteiger partial charge on any atom is -0.440 e. The Morgan fingerprint density at radius 3 is 2.81 bits per heavy atom. The van der Waals surface area contributed by atoms with E-state index in [9.17, 15) is 22.4 Å². The second kappa shape index (κ2) is 9.08. The maximum atomic E-state index is 13.7. The van der Waals surface area contributed by atoms with Gasteiger partial charge in [-0.25, -0.2) is 9.18 Å². The van der Waals surface area contributed by atoms with Gasteiger partial charge in [-0.15, -0.1) is 10.2 Å². The first-order valence-corrected chi connectivity index (χ1v) is 8.46. The van der Waals surface area contributed by atoms with Gasteiger partial charge in [0.15, 0.2) is 6.61 Å². The standard InChI is InChI=1S/C14H12ClF4N3O3S/c15-9-2-1-3-10(16)8(9)6-11-21-22-13(25-11)26-5-4-20-12(23)24-7-14(17,18)19/h1-3H,4-7H2,(H,20,23). The number of hydrogen-bond acceptors (Lipinski definition) is 6. The predicted octanol–water partition coefficient (Wildman–Crippen LogP) is 3.83. The molecule has 12 heteroatoms. The van der Waals surface area contributed by atoms with Gasteiger partial charge in [-0.2, -0.15) is 13.2 Å². The van der Waals surface area contributed by atoms with Crippen LogP contribution in [0.15, 0.2) is 27.8 Å². The topological polar surface area (TPSA) is 77.3 Å². The molecule has 0 unspecified atom stereocenters. The largest absolute Gasteiger partial charge is 0.440 e. The predicted molar refractivity (Wildman–Crippen MR) is 84.6 cm³/mol. The number of alkyl carbamates (subject to hydrolysis) is 1. The van der Waals surface area contributed by atoms with E-state index < -0.39 is 24.7 Å². The number of aromatic nitrogens is 2. The van der Waals surface area contributed by atoms with Crippen molar-refractivity contribution in [1.82, 2.24) is 15.5 Å². The van der Waals surface area contributed by atoms with Crippen LogP contribution in [0.2, 0.25) is 5.02 Å². The lowest BCUT2D eigenvalue weighted by Crippen LogP contribution is -2.30. The van der Waals surface area contributed by atoms with Crippen molar-refractivity contribution in [3.05, 3.63) is 40.5 Å². The Balaban J connectivity index is 1.74. The van der Waals surface area contributed by atoms with E-state index in [4.69, 9.17) is 16.0 Å². The Morgan fingerprint density at radius 1 is 1.35 bits per heavy atom. The quantitative estimate of drug-likeness (QED) is 0.422. The summed E-state index contributed by atoms with van der Waals surface area (Å²) in [7, 11) is 0. The summed E-state index contributed by atoms with van der Waals surface area (Å²) in [5.41, 5.74) is 0.225. The minimum atomic E-state index is -4.58. The van der Waals surface area contributed by atoms with Gasteiger partial charge in [0, 0.05) is 22.9 Å². The molecule has 1 heterocycles. The Kier molecular flexibility index (Phi) is 7.09. The number of carbonyl (C=O) groups is 1. The van der Waals surface area contributed by atoms with Crippen molar-refractivity contribution >= 4 is 29.5 Å². The summed E-state index contributed by atoms with van der Waals surface area (Å²) >= 11 is 6.98. The summed E-state index contributed by atoms with van der Waals surface area (Å²) in [5.74, 6) is -0.0908. The van der Waals surface area contributed by atoms with Gasteiger partial charge in [0.05, 0.1) is 6.42 Å². The first-order valence-electron chi connectivity index (χ1n) is 7.10. The van der Waals surface area contributed by atoms with Gasteiger partial charge in [-0.1, -0.05) is 29.4 Å². The summed E-state index contributed by atoms with van der Waals surface area (Å²) in [6.07, 6.45) is -5.74. The number of carbonyl (C=O) groups excluding carboxylic acids is 1. The molecule has 2 rings (SSSR count). The maximum Gasteiger partial charge on any atom is 0.422 e. The van der Waals surface area contributed by atoms with E-state index in [0.717, 1.165) is 11.8 Å². The molecule has 6 nitrogen and oxygen atoms in total. The van der Waals surface area contributed by atoms with E-state index in [0.29, 0.717) is 0 Å². The first-order chi connectivity index (χ1) is 12.2. The van der Waals surface area contributed by atoms with Crippen molar-refractivity contribution in [2.45, 2.75) is 17.8 Å². The minimum absolute atomic E-state index is 0.0150. The molecule has 0 saturated heterocycles. The van der Waals surface area contributed by atoms with E-state index in [2.05, 4.69) is 20.3 Å². The number of hydrogen-bond donors (Lipinski definition) is 1. The van der Waals surface area contributed by atoms with Crippen LogP contribution in [-0.4, -0.2) is 41.4 Å². The Labute approximate surface area is 154 Å². The lowest BCUT2D eigenvalue weighted by molar-refractivity contribution is -0.160. The van der Waals surface area contributed by atoms with Crippen molar-refractivity contribution in [2.24, 2.45) is 0 Å². The molecular weight excluding hydrogens is 402 g/mol. The molecule has 0 fully saturated rings. The van der Waals surface area contributed by atoms with Crippen LogP contribution in [0.3, 0.4) is 0 Å². The third-order valence-electron chi connectivity index (χ3n) is 2.80. The van der Waals surface area contributed by atoms with Crippen LogP contribution in [-0.2, 0) is 11.2 Å². The van der Waals surface area contributed by atoms with Crippen molar-refractivity contribution in [3.8, 4) is 0 Å². The third-order valence-corrected chi connectivity index (χ3v) is 3.98. The normalized spacial score (nSPS) is 11.4. The van der Waals surface area contributed by atoms with E-state index >= 15 is 0 Å². The Hall–Kier alpha value is -2.01. The second-order valence-electron chi connectivity index (χ2n) is 4.81. The maximum absolute atomic E-state index is 13.7. The fourth-order valence-corrected chi connectivity index (χ4v) is 2.57. The summed E-state index contributed by atoms with van der Waals surface area (Å²) in [6, 6.07) is 4.27. The second-order valence-corrected chi connectivity index (χ2v) is 6.26. The van der Waals surface area contributed by atoms with E-state index in [1.807, 2.05) is 0 Å². The average Bonchev–Trinajstić information content (AvgIpc) is 3.00. The fraction of sp³-hybridized carbons (Fsp3) is 0.357. The molecule has 0 atom stereocenters. The number of benzene rings is 1. The number of nitrogens with one attached hydrogen (secondary N) is 1. The van der Waals surface area contributed by atoms with Gasteiger partial charge in [0.2, 0.25) is 5.89 Å². The molecule has 1 N–H and O–H groups in total. The molecule has 1 amide bonds. The molecule has 0 aliphatic heterocycles. The Bertz CT molecular complexity index is 737. The zero-order valence-electron chi connectivity index (χ0n) is 13.0. The van der Waals surface area contributed by atoms with Crippen molar-refractivity contribution in [3.63, 3.8) is 0 Å². The summed E-state index contributed by atoms with van der Waals surface area (Å²) in [6.45, 7) is -1.63. The number of alkyl halides is 3. The van der Waals surface area contributed by atoms with Crippen LogP contribution in [0.5, 0.6) is 0 Å². The number of amides is 1. The number of ether oxygens (including phenoxy) is 1. The molecule has 2 aromatic rings. The number of halogens is 5. The number of nitrogens with zero attached hydrogens (tertiary/aromatic N) is 2. The van der Waals surface area contributed by atoms with Crippen LogP contribution < -0.4 is 5.32 Å². The third kappa shape index (κ3) is 6.71. The summed E-state index contributed by atoms with van der Waals surface area (Å²) in [5, 5.41) is 10.1.